The van der Waals surface area contributed by atoms with Gasteiger partial charge >= 0.3 is 18.2 Å². The Labute approximate surface area is 250 Å². The molecule has 0 bridgehead atoms. The number of rotatable bonds is 10. The van der Waals surface area contributed by atoms with Gasteiger partial charge in [-0.15, -0.1) is 17.9 Å². The Balaban J connectivity index is 1.78. The third-order valence-electron chi connectivity index (χ3n) is 7.14. The molecule has 0 spiro atoms. The van der Waals surface area contributed by atoms with Crippen LogP contribution in [0.2, 0.25) is 0 Å². The minimum absolute atomic E-state index is 0.0479. The quantitative estimate of drug-likeness (QED) is 0.295. The van der Waals surface area contributed by atoms with Crippen molar-refractivity contribution in [2.45, 2.75) is 90.1 Å². The van der Waals surface area contributed by atoms with Gasteiger partial charge in [-0.05, 0) is 50.5 Å². The average molecular weight is 607 g/mol. The molecular weight excluding hydrogens is 564 g/mol. The van der Waals surface area contributed by atoms with Crippen LogP contribution in [0.3, 0.4) is 0 Å². The molecule has 2 aliphatic rings. The van der Waals surface area contributed by atoms with E-state index in [2.05, 4.69) is 22.5 Å². The highest BCUT2D eigenvalue weighted by Gasteiger charge is 2.61. The number of aliphatic carboxylic acids is 1. The number of thiophene rings is 1. The van der Waals surface area contributed by atoms with Crippen molar-refractivity contribution in [2.24, 2.45) is 11.3 Å². The van der Waals surface area contributed by atoms with E-state index < -0.39 is 70.6 Å². The highest BCUT2D eigenvalue weighted by atomic mass is 32.1. The summed E-state index contributed by atoms with van der Waals surface area (Å²) in [6, 6.07) is 1.63. The van der Waals surface area contributed by atoms with Gasteiger partial charge in [0.05, 0.1) is 6.54 Å². The van der Waals surface area contributed by atoms with E-state index in [9.17, 15) is 29.1 Å². The van der Waals surface area contributed by atoms with Crippen molar-refractivity contribution < 1.29 is 38.6 Å². The Morgan fingerprint density at radius 2 is 1.88 bits per heavy atom. The summed E-state index contributed by atoms with van der Waals surface area (Å²) in [4.78, 5) is 67.1. The first kappa shape index (κ1) is 32.9. The number of hydrogen-bond donors (Lipinski definition) is 4. The highest BCUT2D eigenvalue weighted by Crippen LogP contribution is 2.45. The minimum atomic E-state index is -1.51. The van der Waals surface area contributed by atoms with E-state index in [1.165, 1.54) is 11.0 Å². The lowest BCUT2D eigenvalue weighted by atomic mass is 9.85. The molecule has 42 heavy (non-hydrogen) atoms. The maximum Gasteiger partial charge on any atom is 0.408 e. The largest absolute Gasteiger partial charge is 0.479 e. The summed E-state index contributed by atoms with van der Waals surface area (Å²) in [5, 5.41) is 19.7. The number of carbonyl (C=O) groups excluding carboxylic acids is 4. The van der Waals surface area contributed by atoms with Crippen LogP contribution in [0.25, 0.3) is 0 Å². The molecule has 1 saturated heterocycles. The number of amides is 4. The van der Waals surface area contributed by atoms with Gasteiger partial charge in [0, 0.05) is 23.8 Å². The van der Waals surface area contributed by atoms with Crippen LogP contribution in [0, 0.1) is 11.3 Å². The van der Waals surface area contributed by atoms with Crippen molar-refractivity contribution in [2.75, 3.05) is 13.1 Å². The number of alkyl carbamates (subject to hydrolysis) is 2. The molecule has 4 N–H and O–H groups in total. The zero-order chi connectivity index (χ0) is 31.5. The molecule has 1 aliphatic carbocycles. The third kappa shape index (κ3) is 8.24. The van der Waals surface area contributed by atoms with E-state index in [4.69, 9.17) is 9.47 Å². The summed E-state index contributed by atoms with van der Waals surface area (Å²) < 4.78 is 10.9. The first-order valence-electron chi connectivity index (χ1n) is 13.9. The Hall–Kier alpha value is -3.61. The van der Waals surface area contributed by atoms with E-state index in [0.717, 1.165) is 4.88 Å². The number of nitrogens with zero attached hydrogens (tertiary/aromatic N) is 1. The molecule has 232 valence electrons. The molecule has 4 amide bonds. The second kappa shape index (κ2) is 12.7. The van der Waals surface area contributed by atoms with E-state index in [1.54, 1.807) is 52.9 Å². The summed E-state index contributed by atoms with van der Waals surface area (Å²) in [6.07, 6.45) is -0.116. The Kier molecular flexibility index (Phi) is 9.96. The maximum atomic E-state index is 14.0. The zero-order valence-corrected chi connectivity index (χ0v) is 25.8. The number of nitrogens with one attached hydrogen (secondary N) is 3. The molecule has 13 heteroatoms. The van der Waals surface area contributed by atoms with Gasteiger partial charge in [-0.3, -0.25) is 9.59 Å². The normalized spacial score (nSPS) is 24.2. The van der Waals surface area contributed by atoms with Crippen LogP contribution in [-0.2, 0) is 30.3 Å². The first-order valence-corrected chi connectivity index (χ1v) is 14.8. The van der Waals surface area contributed by atoms with Crippen LogP contribution < -0.4 is 16.0 Å². The van der Waals surface area contributed by atoms with Crippen molar-refractivity contribution in [3.05, 3.63) is 35.0 Å². The fourth-order valence-corrected chi connectivity index (χ4v) is 5.58. The standard InChI is InChI=1S/C29H42N4O8S/c1-8-17-15-29(17,24(36)37)32-22(34)20-14-18(40-25(38)30-12-11-19-10-9-13-42-19)16-33(20)23(35)21(27(2,3)4)31-26(39)41-28(5,6)7/h8-10,13,17-18,20-21H,1,11-12,14-16H2,2-7H3,(H,30,38)(H,31,39)(H,32,34)(H,36,37)/t17?,18-,20+,21-,29?/m1/s1. The lowest BCUT2D eigenvalue weighted by Gasteiger charge is -2.35. The lowest BCUT2D eigenvalue weighted by Crippen LogP contribution is -2.59. The molecule has 3 rings (SSSR count). The van der Waals surface area contributed by atoms with Crippen LogP contribution in [0.5, 0.6) is 0 Å². The molecule has 1 aliphatic heterocycles. The summed E-state index contributed by atoms with van der Waals surface area (Å²) in [5.41, 5.74) is -3.11. The zero-order valence-electron chi connectivity index (χ0n) is 25.0. The van der Waals surface area contributed by atoms with E-state index >= 15 is 0 Å². The Bertz CT molecular complexity index is 1190. The Morgan fingerprint density at radius 3 is 2.40 bits per heavy atom. The molecule has 1 aromatic heterocycles. The average Bonchev–Trinajstić information content (AvgIpc) is 3.16. The van der Waals surface area contributed by atoms with Crippen LogP contribution in [0.15, 0.2) is 30.2 Å². The second-order valence-electron chi connectivity index (χ2n) is 12.8. The molecule has 1 saturated carbocycles. The molecule has 0 aromatic carbocycles. The number of carbonyl (C=O) groups is 5. The Morgan fingerprint density at radius 1 is 1.19 bits per heavy atom. The maximum absolute atomic E-state index is 14.0. The van der Waals surface area contributed by atoms with Gasteiger partial charge in [-0.25, -0.2) is 14.4 Å². The predicted molar refractivity (Wildman–Crippen MR) is 156 cm³/mol. The number of ether oxygens (including phenoxy) is 2. The molecule has 2 fully saturated rings. The second-order valence-corrected chi connectivity index (χ2v) is 13.8. The molecule has 1 aromatic rings. The predicted octanol–water partition coefficient (Wildman–Crippen LogP) is 3.07. The van der Waals surface area contributed by atoms with Crippen molar-refractivity contribution in [3.8, 4) is 0 Å². The van der Waals surface area contributed by atoms with Crippen molar-refractivity contribution in [1.29, 1.82) is 0 Å². The molecule has 0 radical (unpaired) electrons. The first-order chi connectivity index (χ1) is 19.5. The van der Waals surface area contributed by atoms with E-state index in [1.807, 2.05) is 17.5 Å². The van der Waals surface area contributed by atoms with Gasteiger partial charge in [0.15, 0.2) is 0 Å². The van der Waals surface area contributed by atoms with Gasteiger partial charge < -0.3 is 35.4 Å². The fourth-order valence-electron chi connectivity index (χ4n) is 4.87. The number of carboxylic acids is 1. The van der Waals surface area contributed by atoms with Gasteiger partial charge in [-0.1, -0.05) is 32.9 Å². The van der Waals surface area contributed by atoms with Crippen LogP contribution >= 0.6 is 11.3 Å². The third-order valence-corrected chi connectivity index (χ3v) is 8.08. The van der Waals surface area contributed by atoms with Crippen LogP contribution in [0.1, 0.15) is 59.3 Å². The summed E-state index contributed by atoms with van der Waals surface area (Å²) >= 11 is 1.57. The number of hydrogen-bond acceptors (Lipinski definition) is 8. The van der Waals surface area contributed by atoms with E-state index in [0.29, 0.717) is 13.0 Å². The number of likely N-dealkylation sites (tertiary alicyclic amines) is 1. The monoisotopic (exact) mass is 606 g/mol. The topological polar surface area (TPSA) is 163 Å². The van der Waals surface area contributed by atoms with Crippen LogP contribution in [-0.4, -0.2) is 82.4 Å². The molecular formula is C29H42N4O8S. The molecule has 12 nitrogen and oxygen atoms in total. The van der Waals surface area contributed by atoms with Gasteiger partial charge in [0.1, 0.15) is 29.3 Å². The van der Waals surface area contributed by atoms with Crippen molar-refractivity contribution in [3.63, 3.8) is 0 Å². The van der Waals surface area contributed by atoms with Crippen molar-refractivity contribution >= 4 is 41.3 Å². The summed E-state index contributed by atoms with van der Waals surface area (Å²) in [5.74, 6) is -2.93. The SMILES string of the molecule is C=CC1CC1(NC(=O)[C@@H]1C[C@@H](OC(=O)NCCc2cccs2)CN1C(=O)[C@@H](NC(=O)OC(C)(C)C)C(C)(C)C)C(=O)O. The molecule has 2 heterocycles. The minimum Gasteiger partial charge on any atom is -0.479 e. The highest BCUT2D eigenvalue weighted by molar-refractivity contribution is 7.09. The van der Waals surface area contributed by atoms with Gasteiger partial charge in [0.25, 0.3) is 0 Å². The van der Waals surface area contributed by atoms with Gasteiger partial charge in [0.2, 0.25) is 11.8 Å². The van der Waals surface area contributed by atoms with E-state index in [-0.39, 0.29) is 19.4 Å². The molecule has 2 unspecified atom stereocenters. The lowest BCUT2D eigenvalue weighted by molar-refractivity contribution is -0.146. The van der Waals surface area contributed by atoms with Crippen LogP contribution in [0.4, 0.5) is 9.59 Å². The van der Waals surface area contributed by atoms with Gasteiger partial charge in [-0.2, -0.15) is 0 Å². The smallest absolute Gasteiger partial charge is 0.408 e. The fraction of sp³-hybridized carbons (Fsp3) is 0.621. The summed E-state index contributed by atoms with van der Waals surface area (Å²) in [7, 11) is 0. The van der Waals surface area contributed by atoms with Crippen molar-refractivity contribution in [1.82, 2.24) is 20.9 Å². The molecule has 5 atom stereocenters. The summed E-state index contributed by atoms with van der Waals surface area (Å²) in [6.45, 7) is 14.2. The number of carboxylic acid groups (broad SMARTS) is 1.